The third-order valence-electron chi connectivity index (χ3n) is 10.7. The number of rotatable bonds is 4. The first-order valence-corrected chi connectivity index (χ1v) is 17.7. The molecule has 0 saturated carbocycles. The summed E-state index contributed by atoms with van der Waals surface area (Å²) in [5, 5.41) is 7.12. The van der Waals surface area contributed by atoms with Crippen molar-refractivity contribution in [3.05, 3.63) is 176 Å². The molecule has 0 fully saturated rings. The van der Waals surface area contributed by atoms with Crippen molar-refractivity contribution in [2.75, 3.05) is 0 Å². The Labute approximate surface area is 299 Å². The molecule has 0 spiro atoms. The van der Waals surface area contributed by atoms with Gasteiger partial charge in [-0.05, 0) is 72.6 Å². The summed E-state index contributed by atoms with van der Waals surface area (Å²) in [6.07, 6.45) is 1.90. The van der Waals surface area contributed by atoms with Crippen molar-refractivity contribution in [3.63, 3.8) is 0 Å². The van der Waals surface area contributed by atoms with E-state index in [4.69, 9.17) is 9.40 Å². The number of aromatic nitrogens is 3. The van der Waals surface area contributed by atoms with Crippen LogP contribution in [0.15, 0.2) is 174 Å². The van der Waals surface area contributed by atoms with Gasteiger partial charge in [0.1, 0.15) is 11.3 Å². The molecule has 4 heteroatoms. The van der Waals surface area contributed by atoms with Crippen LogP contribution in [0.3, 0.4) is 0 Å². The molecule has 11 rings (SSSR count). The zero-order chi connectivity index (χ0) is 34.3. The average molecular weight is 666 g/mol. The van der Waals surface area contributed by atoms with E-state index in [0.717, 1.165) is 55.7 Å². The molecule has 0 bridgehead atoms. The summed E-state index contributed by atoms with van der Waals surface area (Å²) in [5.41, 5.74) is 14.0. The minimum Gasteiger partial charge on any atom is -0.454 e. The van der Waals surface area contributed by atoms with E-state index in [2.05, 4.69) is 168 Å². The molecule has 11 aromatic rings. The molecular weight excluding hydrogens is 635 g/mol. The predicted octanol–water partition coefficient (Wildman–Crippen LogP) is 12.8. The normalized spacial score (nSPS) is 11.9. The molecule has 4 aromatic heterocycles. The molecule has 4 heterocycles. The zero-order valence-corrected chi connectivity index (χ0v) is 28.4. The lowest BCUT2D eigenvalue weighted by molar-refractivity contribution is 0.668. The molecule has 0 aliphatic rings. The van der Waals surface area contributed by atoms with Gasteiger partial charge in [0.05, 0.1) is 27.8 Å². The van der Waals surface area contributed by atoms with Crippen molar-refractivity contribution in [2.24, 2.45) is 0 Å². The van der Waals surface area contributed by atoms with E-state index in [1.807, 2.05) is 18.3 Å². The maximum absolute atomic E-state index is 6.50. The molecule has 0 aliphatic heterocycles. The van der Waals surface area contributed by atoms with Crippen LogP contribution < -0.4 is 0 Å². The third kappa shape index (κ3) is 4.06. The minimum absolute atomic E-state index is 0.806. The van der Waals surface area contributed by atoms with Crippen molar-refractivity contribution in [2.45, 2.75) is 6.92 Å². The fraction of sp³-hybridized carbons (Fsp3) is 0.0208. The largest absolute Gasteiger partial charge is 0.454 e. The SMILES string of the molecule is Cc1cccc(-n2c3ccccc3c3cc(-n4c5ccccc5c5ccccc54)ccc32)c1-c1ccccc1-c1nccc2c1oc1ccccc12. The Bertz CT molecular complexity index is 3160. The number of fused-ring (bicyclic) bond motifs is 9. The summed E-state index contributed by atoms with van der Waals surface area (Å²) in [5.74, 6) is 0. The summed E-state index contributed by atoms with van der Waals surface area (Å²) in [6.45, 7) is 2.21. The Morgan fingerprint density at radius 1 is 0.462 bits per heavy atom. The number of hydrogen-bond acceptors (Lipinski definition) is 2. The van der Waals surface area contributed by atoms with Crippen LogP contribution >= 0.6 is 0 Å². The quantitative estimate of drug-likeness (QED) is 0.188. The third-order valence-corrected chi connectivity index (χ3v) is 10.7. The Kier molecular flexibility index (Phi) is 6.13. The molecule has 4 nitrogen and oxygen atoms in total. The number of para-hydroxylation sites is 4. The van der Waals surface area contributed by atoms with Crippen LogP contribution in [-0.2, 0) is 0 Å². The van der Waals surface area contributed by atoms with Crippen molar-refractivity contribution < 1.29 is 4.42 Å². The van der Waals surface area contributed by atoms with E-state index >= 15 is 0 Å². The smallest absolute Gasteiger partial charge is 0.161 e. The lowest BCUT2D eigenvalue weighted by atomic mass is 9.92. The molecule has 0 atom stereocenters. The fourth-order valence-electron chi connectivity index (χ4n) is 8.50. The molecule has 52 heavy (non-hydrogen) atoms. The van der Waals surface area contributed by atoms with E-state index in [1.54, 1.807) is 0 Å². The number of aryl methyl sites for hydroxylation is 1. The zero-order valence-electron chi connectivity index (χ0n) is 28.4. The Morgan fingerprint density at radius 2 is 1.06 bits per heavy atom. The maximum atomic E-state index is 6.50. The number of nitrogens with zero attached hydrogens (tertiary/aromatic N) is 3. The summed E-state index contributed by atoms with van der Waals surface area (Å²) in [7, 11) is 0. The van der Waals surface area contributed by atoms with Gasteiger partial charge < -0.3 is 13.6 Å². The second-order valence-electron chi connectivity index (χ2n) is 13.6. The summed E-state index contributed by atoms with van der Waals surface area (Å²) in [6, 6.07) is 58.6. The Balaban J connectivity index is 1.17. The van der Waals surface area contributed by atoms with Crippen LogP contribution in [-0.4, -0.2) is 14.1 Å². The Morgan fingerprint density at radius 3 is 1.81 bits per heavy atom. The number of hydrogen-bond donors (Lipinski definition) is 0. The van der Waals surface area contributed by atoms with E-state index in [1.165, 1.54) is 49.2 Å². The molecule has 7 aromatic carbocycles. The summed E-state index contributed by atoms with van der Waals surface area (Å²) in [4.78, 5) is 4.95. The van der Waals surface area contributed by atoms with Gasteiger partial charge in [0, 0.05) is 55.3 Å². The van der Waals surface area contributed by atoms with Crippen LogP contribution in [0.25, 0.3) is 99.3 Å². The van der Waals surface area contributed by atoms with Crippen molar-refractivity contribution in [3.8, 4) is 33.8 Å². The van der Waals surface area contributed by atoms with Crippen molar-refractivity contribution in [1.29, 1.82) is 0 Å². The molecule has 0 unspecified atom stereocenters. The molecule has 0 N–H and O–H groups in total. The van der Waals surface area contributed by atoms with Gasteiger partial charge in [0.15, 0.2) is 5.58 Å². The molecule has 0 amide bonds. The molecule has 244 valence electrons. The van der Waals surface area contributed by atoms with E-state index < -0.39 is 0 Å². The monoisotopic (exact) mass is 665 g/mol. The topological polar surface area (TPSA) is 35.9 Å². The van der Waals surface area contributed by atoms with Gasteiger partial charge in [-0.2, -0.15) is 0 Å². The van der Waals surface area contributed by atoms with Gasteiger partial charge in [-0.25, -0.2) is 0 Å². The van der Waals surface area contributed by atoms with E-state index in [9.17, 15) is 0 Å². The first kappa shape index (κ1) is 28.9. The van der Waals surface area contributed by atoms with Crippen LogP contribution in [0.5, 0.6) is 0 Å². The van der Waals surface area contributed by atoms with E-state index in [-0.39, 0.29) is 0 Å². The van der Waals surface area contributed by atoms with Gasteiger partial charge in [0.2, 0.25) is 0 Å². The molecule has 0 radical (unpaired) electrons. The number of pyridine rings is 1. The molecule has 0 saturated heterocycles. The lowest BCUT2D eigenvalue weighted by Crippen LogP contribution is -2.00. The standard InChI is InChI=1S/C48H31N3O/c1-30-13-12-23-44(46(30)36-18-2-3-19-37(36)47-48-38(27-28-49-47)35-17-7-11-24-45(35)52-48)51-42-22-10-6-16-34(42)39-29-31(25-26-43(39)51)50-40-20-8-4-14-32(40)33-15-5-9-21-41(33)50/h2-29H,1H3. The van der Waals surface area contributed by atoms with Crippen LogP contribution in [0, 0.1) is 6.92 Å². The number of furan rings is 1. The fourth-order valence-corrected chi connectivity index (χ4v) is 8.50. The first-order chi connectivity index (χ1) is 25.7. The second-order valence-corrected chi connectivity index (χ2v) is 13.6. The van der Waals surface area contributed by atoms with Crippen molar-refractivity contribution >= 4 is 65.6 Å². The van der Waals surface area contributed by atoms with Gasteiger partial charge in [-0.3, -0.25) is 4.98 Å². The highest BCUT2D eigenvalue weighted by molar-refractivity contribution is 6.13. The van der Waals surface area contributed by atoms with Gasteiger partial charge in [0.25, 0.3) is 0 Å². The number of benzene rings is 7. The average Bonchev–Trinajstić information content (AvgIpc) is 3.85. The lowest BCUT2D eigenvalue weighted by Gasteiger charge is -2.19. The van der Waals surface area contributed by atoms with Crippen molar-refractivity contribution in [1.82, 2.24) is 14.1 Å². The van der Waals surface area contributed by atoms with Crippen LogP contribution in [0.2, 0.25) is 0 Å². The summed E-state index contributed by atoms with van der Waals surface area (Å²) >= 11 is 0. The molecule has 0 aliphatic carbocycles. The molecular formula is C48H31N3O. The van der Waals surface area contributed by atoms with Crippen LogP contribution in [0.4, 0.5) is 0 Å². The Hall–Kier alpha value is -6.91. The van der Waals surface area contributed by atoms with Gasteiger partial charge in [-0.1, -0.05) is 109 Å². The van der Waals surface area contributed by atoms with Gasteiger partial charge >= 0.3 is 0 Å². The highest BCUT2D eigenvalue weighted by Gasteiger charge is 2.22. The highest BCUT2D eigenvalue weighted by atomic mass is 16.3. The van der Waals surface area contributed by atoms with E-state index in [0.29, 0.717) is 0 Å². The first-order valence-electron chi connectivity index (χ1n) is 17.7. The minimum atomic E-state index is 0.806. The predicted molar refractivity (Wildman–Crippen MR) is 216 cm³/mol. The maximum Gasteiger partial charge on any atom is 0.161 e. The highest BCUT2D eigenvalue weighted by Crippen LogP contribution is 2.44. The summed E-state index contributed by atoms with van der Waals surface area (Å²) < 4.78 is 11.3. The second kappa shape index (κ2) is 11.0. The van der Waals surface area contributed by atoms with Crippen LogP contribution in [0.1, 0.15) is 5.56 Å². The van der Waals surface area contributed by atoms with Gasteiger partial charge in [-0.15, -0.1) is 0 Å².